The van der Waals surface area contributed by atoms with Crippen LogP contribution < -0.4 is 58.6 Å². The molecule has 0 aliphatic rings. The topological polar surface area (TPSA) is 80.3 Å². The molecule has 0 unspecified atom stereocenters. The number of rotatable bonds is 13. The number of carbonyl (C=O) groups is 2. The minimum absolute atomic E-state index is 0. The van der Waals surface area contributed by atoms with Crippen LogP contribution in [-0.2, 0) is 9.59 Å². The smallest absolute Gasteiger partial charge is 0.549 e. The van der Waals surface area contributed by atoms with Gasteiger partial charge in [-0.05, 0) is 6.42 Å². The molecule has 0 atom stereocenters. The van der Waals surface area contributed by atoms with Crippen LogP contribution in [0.4, 0.5) is 0 Å². The van der Waals surface area contributed by atoms with Crippen molar-refractivity contribution in [2.75, 3.05) is 0 Å². The van der Waals surface area contributed by atoms with E-state index in [2.05, 4.69) is 6.92 Å². The van der Waals surface area contributed by atoms with E-state index in [-0.39, 0.29) is 54.8 Å². The molecular weight excluding hydrogens is 274 g/mol. The summed E-state index contributed by atoms with van der Waals surface area (Å²) in [6.07, 6.45) is 11.5. The number of hydrogen-bond acceptors (Lipinski definition) is 4. The fourth-order valence-electron chi connectivity index (χ4n) is 2.17. The van der Waals surface area contributed by atoms with E-state index in [4.69, 9.17) is 0 Å². The van der Waals surface area contributed by atoms with Gasteiger partial charge < -0.3 is 19.8 Å². The van der Waals surface area contributed by atoms with Crippen LogP contribution in [0.2, 0.25) is 0 Å². The Balaban J connectivity index is -0.00000162. The first-order valence-corrected chi connectivity index (χ1v) is 7.51. The summed E-state index contributed by atoms with van der Waals surface area (Å²) in [5.74, 6) is -4.51. The Labute approximate surface area is 162 Å². The van der Waals surface area contributed by atoms with E-state index in [9.17, 15) is 19.8 Å². The van der Waals surface area contributed by atoms with Gasteiger partial charge in [0, 0.05) is 5.92 Å². The molecular formula is C15H26LiNaO4. The second kappa shape index (κ2) is 18.6. The van der Waals surface area contributed by atoms with Crippen molar-refractivity contribution < 1.29 is 68.2 Å². The number of unbranched alkanes of at least 4 members (excludes halogenated alkanes) is 9. The fraction of sp³-hybridized carbons (Fsp3) is 0.867. The van der Waals surface area contributed by atoms with E-state index in [0.717, 1.165) is 19.3 Å². The molecule has 0 aromatic carbocycles. The van der Waals surface area contributed by atoms with Crippen molar-refractivity contribution in [2.24, 2.45) is 5.92 Å². The molecule has 0 fully saturated rings. The van der Waals surface area contributed by atoms with Gasteiger partial charge in [-0.2, -0.15) is 0 Å². The van der Waals surface area contributed by atoms with Crippen molar-refractivity contribution >= 4 is 11.9 Å². The minimum Gasteiger partial charge on any atom is -0.549 e. The molecule has 0 saturated heterocycles. The van der Waals surface area contributed by atoms with Crippen LogP contribution in [0.1, 0.15) is 77.6 Å². The van der Waals surface area contributed by atoms with Crippen LogP contribution in [0.3, 0.4) is 0 Å². The SMILES string of the molecule is CCCCCCCCCCCCC(C(=O)[O-])C(=O)[O-].[Li+].[Na+]. The second-order valence-electron chi connectivity index (χ2n) is 5.16. The molecule has 0 saturated carbocycles. The molecule has 0 aliphatic heterocycles. The van der Waals surface area contributed by atoms with E-state index < -0.39 is 17.9 Å². The summed E-state index contributed by atoms with van der Waals surface area (Å²) in [5.41, 5.74) is 0. The van der Waals surface area contributed by atoms with E-state index in [0.29, 0.717) is 6.42 Å². The summed E-state index contributed by atoms with van der Waals surface area (Å²) < 4.78 is 0. The quantitative estimate of drug-likeness (QED) is 0.195. The fourth-order valence-corrected chi connectivity index (χ4v) is 2.17. The van der Waals surface area contributed by atoms with E-state index in [1.807, 2.05) is 0 Å². The van der Waals surface area contributed by atoms with Gasteiger partial charge in [-0.1, -0.05) is 71.1 Å². The third-order valence-electron chi connectivity index (χ3n) is 3.42. The number of carboxylic acids is 2. The van der Waals surface area contributed by atoms with Crippen LogP contribution >= 0.6 is 0 Å². The summed E-state index contributed by atoms with van der Waals surface area (Å²) in [7, 11) is 0. The summed E-state index contributed by atoms with van der Waals surface area (Å²) in [6.45, 7) is 2.20. The largest absolute Gasteiger partial charge is 1.00 e. The number of carbonyl (C=O) groups excluding carboxylic acids is 2. The van der Waals surface area contributed by atoms with Gasteiger partial charge in [-0.25, -0.2) is 0 Å². The maximum atomic E-state index is 10.5. The number of carboxylic acid groups (broad SMARTS) is 2. The Bertz CT molecular complexity index is 248. The van der Waals surface area contributed by atoms with Gasteiger partial charge in [0.2, 0.25) is 0 Å². The minimum atomic E-state index is -1.53. The van der Waals surface area contributed by atoms with Gasteiger partial charge >= 0.3 is 48.4 Å². The van der Waals surface area contributed by atoms with Gasteiger partial charge in [0.1, 0.15) is 0 Å². The Morgan fingerprint density at radius 2 is 1.10 bits per heavy atom. The third kappa shape index (κ3) is 16.7. The summed E-state index contributed by atoms with van der Waals surface area (Å²) in [5, 5.41) is 21.0. The third-order valence-corrected chi connectivity index (χ3v) is 3.42. The predicted octanol–water partition coefficient (Wildman–Crippen LogP) is -4.58. The zero-order chi connectivity index (χ0) is 14.5. The second-order valence-corrected chi connectivity index (χ2v) is 5.16. The first kappa shape index (κ1) is 26.4. The molecule has 21 heavy (non-hydrogen) atoms. The predicted molar refractivity (Wildman–Crippen MR) is 70.0 cm³/mol. The van der Waals surface area contributed by atoms with Crippen molar-refractivity contribution in [3.05, 3.63) is 0 Å². The standard InChI is InChI=1S/C15H28O4.Li.Na/c1-2-3-4-5-6-7-8-9-10-11-12-13(14(16)17)15(18)19;;/h13H,2-12H2,1H3,(H,16,17)(H,18,19);;/q;2*+1/p-2. The molecule has 112 valence electrons. The summed E-state index contributed by atoms with van der Waals surface area (Å²) in [6, 6.07) is 0. The van der Waals surface area contributed by atoms with Gasteiger partial charge in [-0.15, -0.1) is 0 Å². The first-order chi connectivity index (χ1) is 9.09. The number of hydrogen-bond donors (Lipinski definition) is 0. The zero-order valence-corrected chi connectivity index (χ0v) is 16.0. The molecule has 6 heteroatoms. The van der Waals surface area contributed by atoms with Gasteiger partial charge in [0.15, 0.2) is 0 Å². The Hall–Kier alpha value is 0.537. The van der Waals surface area contributed by atoms with Crippen LogP contribution in [-0.4, -0.2) is 11.9 Å². The van der Waals surface area contributed by atoms with E-state index in [1.165, 1.54) is 38.5 Å². The molecule has 0 aromatic heterocycles. The molecule has 0 aromatic rings. The van der Waals surface area contributed by atoms with Crippen LogP contribution in [0.25, 0.3) is 0 Å². The van der Waals surface area contributed by atoms with E-state index in [1.54, 1.807) is 0 Å². The molecule has 0 heterocycles. The normalized spacial score (nSPS) is 9.81. The van der Waals surface area contributed by atoms with Crippen LogP contribution in [0.15, 0.2) is 0 Å². The average Bonchev–Trinajstić information content (AvgIpc) is 2.35. The molecule has 0 radical (unpaired) electrons. The monoisotopic (exact) mass is 300 g/mol. The molecule has 0 aliphatic carbocycles. The van der Waals surface area contributed by atoms with Crippen molar-refractivity contribution in [1.29, 1.82) is 0 Å². The maximum absolute atomic E-state index is 10.5. The van der Waals surface area contributed by atoms with Crippen LogP contribution in [0.5, 0.6) is 0 Å². The van der Waals surface area contributed by atoms with Crippen LogP contribution in [0, 0.1) is 5.92 Å². The van der Waals surface area contributed by atoms with Crippen molar-refractivity contribution in [1.82, 2.24) is 0 Å². The Morgan fingerprint density at radius 1 is 0.762 bits per heavy atom. The molecule has 0 amide bonds. The molecule has 0 bridgehead atoms. The molecule has 4 nitrogen and oxygen atoms in total. The summed E-state index contributed by atoms with van der Waals surface area (Å²) in [4.78, 5) is 21.0. The Morgan fingerprint density at radius 3 is 1.43 bits per heavy atom. The molecule has 0 N–H and O–H groups in total. The summed E-state index contributed by atoms with van der Waals surface area (Å²) >= 11 is 0. The van der Waals surface area contributed by atoms with Gasteiger partial charge in [0.25, 0.3) is 0 Å². The average molecular weight is 300 g/mol. The van der Waals surface area contributed by atoms with Crippen molar-refractivity contribution in [3.8, 4) is 0 Å². The van der Waals surface area contributed by atoms with Crippen molar-refractivity contribution in [3.63, 3.8) is 0 Å². The van der Waals surface area contributed by atoms with E-state index >= 15 is 0 Å². The maximum Gasteiger partial charge on any atom is 1.00 e. The first-order valence-electron chi connectivity index (χ1n) is 7.51. The van der Waals surface area contributed by atoms with Gasteiger partial charge in [0.05, 0.1) is 11.9 Å². The number of aliphatic carboxylic acids is 2. The van der Waals surface area contributed by atoms with Crippen molar-refractivity contribution in [2.45, 2.75) is 77.6 Å². The zero-order valence-electron chi connectivity index (χ0n) is 14.0. The molecule has 0 spiro atoms. The Kier molecular flexibility index (Phi) is 23.4. The molecule has 0 rings (SSSR count). The van der Waals surface area contributed by atoms with Gasteiger partial charge in [-0.3, -0.25) is 0 Å².